The molecule has 0 aliphatic carbocycles. The highest BCUT2D eigenvalue weighted by molar-refractivity contribution is 5.03. The maximum Gasteiger partial charge on any atom is 0.103 e. The van der Waals surface area contributed by atoms with Crippen LogP contribution < -0.4 is 0 Å². The lowest BCUT2D eigenvalue weighted by Gasteiger charge is -2.20. The molecule has 2 heterocycles. The number of fused-ring (bicyclic) bond motifs is 1. The predicted octanol–water partition coefficient (Wildman–Crippen LogP) is -0.286. The third kappa shape index (κ3) is 0.856. The highest BCUT2D eigenvalue weighted by atomic mass is 16.6. The summed E-state index contributed by atoms with van der Waals surface area (Å²) < 4.78 is 10.4. The van der Waals surface area contributed by atoms with Crippen LogP contribution in [0.5, 0.6) is 0 Å². The third-order valence-corrected chi connectivity index (χ3v) is 2.37. The van der Waals surface area contributed by atoms with Crippen molar-refractivity contribution < 1.29 is 9.47 Å². The van der Waals surface area contributed by atoms with Crippen molar-refractivity contribution in [1.29, 1.82) is 0 Å². The monoisotopic (exact) mass is 143 g/mol. The van der Waals surface area contributed by atoms with Crippen LogP contribution in [0.4, 0.5) is 0 Å². The molecule has 0 N–H and O–H groups in total. The second-order valence-electron chi connectivity index (χ2n) is 3.10. The molecule has 3 atom stereocenters. The van der Waals surface area contributed by atoms with E-state index in [0.29, 0.717) is 18.2 Å². The maximum absolute atomic E-state index is 5.37. The average molecular weight is 143 g/mol. The Labute approximate surface area is 60.9 Å². The van der Waals surface area contributed by atoms with E-state index in [-0.39, 0.29) is 0 Å². The van der Waals surface area contributed by atoms with E-state index in [1.54, 1.807) is 7.11 Å². The molecule has 0 saturated carbocycles. The van der Waals surface area contributed by atoms with Gasteiger partial charge < -0.3 is 9.47 Å². The number of nitrogens with zero attached hydrogens (tertiary/aromatic N) is 1. The summed E-state index contributed by atoms with van der Waals surface area (Å²) in [7, 11) is 3.86. The lowest BCUT2D eigenvalue weighted by atomic mass is 10.2. The van der Waals surface area contributed by atoms with Crippen molar-refractivity contribution >= 4 is 0 Å². The summed E-state index contributed by atoms with van der Waals surface area (Å²) in [5, 5.41) is 0. The summed E-state index contributed by atoms with van der Waals surface area (Å²) in [6.45, 7) is 1.89. The van der Waals surface area contributed by atoms with Gasteiger partial charge in [0.25, 0.3) is 0 Å². The SMILES string of the molecule is COCC1C2OC2CN1C. The van der Waals surface area contributed by atoms with Gasteiger partial charge in [0, 0.05) is 13.7 Å². The Balaban J connectivity index is 1.92. The highest BCUT2D eigenvalue weighted by Crippen LogP contribution is 2.35. The van der Waals surface area contributed by atoms with Gasteiger partial charge in [-0.1, -0.05) is 0 Å². The maximum atomic E-state index is 5.37. The van der Waals surface area contributed by atoms with Crippen LogP contribution in [0.2, 0.25) is 0 Å². The highest BCUT2D eigenvalue weighted by Gasteiger charge is 2.53. The molecule has 10 heavy (non-hydrogen) atoms. The van der Waals surface area contributed by atoms with E-state index in [4.69, 9.17) is 9.47 Å². The molecule has 0 aromatic heterocycles. The fraction of sp³-hybridized carbons (Fsp3) is 1.00. The molecule has 58 valence electrons. The van der Waals surface area contributed by atoms with E-state index >= 15 is 0 Å². The zero-order valence-electron chi connectivity index (χ0n) is 6.41. The first-order valence-corrected chi connectivity index (χ1v) is 3.67. The zero-order chi connectivity index (χ0) is 7.14. The molecule has 3 heteroatoms. The van der Waals surface area contributed by atoms with E-state index in [2.05, 4.69) is 11.9 Å². The molecule has 2 aliphatic heterocycles. The predicted molar refractivity (Wildman–Crippen MR) is 37.0 cm³/mol. The summed E-state index contributed by atoms with van der Waals surface area (Å²) in [5.74, 6) is 0. The van der Waals surface area contributed by atoms with Gasteiger partial charge in [-0.15, -0.1) is 0 Å². The van der Waals surface area contributed by atoms with Crippen LogP contribution in [-0.2, 0) is 9.47 Å². The Morgan fingerprint density at radius 3 is 3.00 bits per heavy atom. The smallest absolute Gasteiger partial charge is 0.103 e. The molecule has 0 bridgehead atoms. The number of morpholine rings is 1. The normalized spacial score (nSPS) is 45.6. The lowest BCUT2D eigenvalue weighted by Crippen LogP contribution is -2.35. The summed E-state index contributed by atoms with van der Waals surface area (Å²) in [6, 6.07) is 0.509. The standard InChI is InChI=1S/C7H13NO2/c1-8-3-6-7(10-6)5(8)4-9-2/h5-7H,3-4H2,1-2H3. The molecule has 0 aromatic carbocycles. The first kappa shape index (κ1) is 6.58. The summed E-state index contributed by atoms with van der Waals surface area (Å²) >= 11 is 0. The minimum absolute atomic E-state index is 0.477. The van der Waals surface area contributed by atoms with Gasteiger partial charge in [-0.2, -0.15) is 0 Å². The molecule has 3 unspecified atom stereocenters. The Morgan fingerprint density at radius 2 is 2.50 bits per heavy atom. The number of rotatable bonds is 2. The summed E-state index contributed by atoms with van der Waals surface area (Å²) in [5.41, 5.74) is 0. The van der Waals surface area contributed by atoms with Gasteiger partial charge in [0.05, 0.1) is 18.8 Å². The first-order valence-electron chi connectivity index (χ1n) is 3.67. The molecule has 2 fully saturated rings. The van der Waals surface area contributed by atoms with Gasteiger partial charge in [0.2, 0.25) is 0 Å². The zero-order valence-corrected chi connectivity index (χ0v) is 6.41. The van der Waals surface area contributed by atoms with Crippen LogP contribution in [0.15, 0.2) is 0 Å². The molecule has 2 saturated heterocycles. The fourth-order valence-electron chi connectivity index (χ4n) is 1.70. The van der Waals surface area contributed by atoms with Crippen LogP contribution in [0.1, 0.15) is 0 Å². The number of methoxy groups -OCH3 is 1. The van der Waals surface area contributed by atoms with E-state index in [1.165, 1.54) is 0 Å². The molecular formula is C7H13NO2. The number of hydrogen-bond donors (Lipinski definition) is 0. The van der Waals surface area contributed by atoms with Crippen LogP contribution >= 0.6 is 0 Å². The third-order valence-electron chi connectivity index (χ3n) is 2.37. The minimum Gasteiger partial charge on any atom is -0.383 e. The quantitative estimate of drug-likeness (QED) is 0.497. The largest absolute Gasteiger partial charge is 0.383 e. The molecule has 2 aliphatic rings. The number of likely N-dealkylation sites (N-methyl/N-ethyl adjacent to an activating group) is 1. The number of ether oxygens (including phenoxy) is 2. The second-order valence-corrected chi connectivity index (χ2v) is 3.10. The Morgan fingerprint density at radius 1 is 1.70 bits per heavy atom. The van der Waals surface area contributed by atoms with Crippen LogP contribution in [-0.4, -0.2) is 50.5 Å². The second kappa shape index (κ2) is 2.19. The number of likely N-dealkylation sites (tertiary alicyclic amines) is 1. The molecule has 0 radical (unpaired) electrons. The van der Waals surface area contributed by atoms with E-state index in [1.807, 2.05) is 0 Å². The molecule has 0 spiro atoms. The van der Waals surface area contributed by atoms with Gasteiger partial charge in [0.1, 0.15) is 6.10 Å². The average Bonchev–Trinajstić information content (AvgIpc) is 2.57. The van der Waals surface area contributed by atoms with Crippen molar-refractivity contribution in [3.8, 4) is 0 Å². The number of epoxide rings is 1. The Bertz CT molecular complexity index is 138. The fourth-order valence-corrected chi connectivity index (χ4v) is 1.70. The molecule has 3 nitrogen and oxygen atoms in total. The van der Waals surface area contributed by atoms with Gasteiger partial charge in [0.15, 0.2) is 0 Å². The van der Waals surface area contributed by atoms with Crippen molar-refractivity contribution in [2.24, 2.45) is 0 Å². The molecule has 0 aromatic rings. The van der Waals surface area contributed by atoms with Gasteiger partial charge in [-0.3, -0.25) is 4.90 Å². The molecule has 0 amide bonds. The van der Waals surface area contributed by atoms with Crippen molar-refractivity contribution in [3.05, 3.63) is 0 Å². The van der Waals surface area contributed by atoms with Gasteiger partial charge >= 0.3 is 0 Å². The van der Waals surface area contributed by atoms with Crippen LogP contribution in [0, 0.1) is 0 Å². The van der Waals surface area contributed by atoms with Crippen molar-refractivity contribution in [1.82, 2.24) is 4.90 Å². The summed E-state index contributed by atoms with van der Waals surface area (Å²) in [4.78, 5) is 2.31. The molecule has 2 rings (SSSR count). The molecular weight excluding hydrogens is 130 g/mol. The van der Waals surface area contributed by atoms with E-state index in [9.17, 15) is 0 Å². The minimum atomic E-state index is 0.477. The van der Waals surface area contributed by atoms with Crippen molar-refractivity contribution in [2.75, 3.05) is 27.3 Å². The van der Waals surface area contributed by atoms with Gasteiger partial charge in [-0.05, 0) is 7.05 Å². The van der Waals surface area contributed by atoms with Crippen LogP contribution in [0.25, 0.3) is 0 Å². The van der Waals surface area contributed by atoms with Crippen molar-refractivity contribution in [2.45, 2.75) is 18.2 Å². The topological polar surface area (TPSA) is 25.0 Å². The Hall–Kier alpha value is -0.120. The van der Waals surface area contributed by atoms with E-state index < -0.39 is 0 Å². The number of hydrogen-bond acceptors (Lipinski definition) is 3. The lowest BCUT2D eigenvalue weighted by molar-refractivity contribution is 0.0837. The van der Waals surface area contributed by atoms with E-state index in [0.717, 1.165) is 13.2 Å². The Kier molecular flexibility index (Phi) is 1.44. The van der Waals surface area contributed by atoms with Crippen LogP contribution in [0.3, 0.4) is 0 Å². The summed E-state index contributed by atoms with van der Waals surface area (Å²) in [6.07, 6.45) is 0.995. The first-order chi connectivity index (χ1) is 4.83. The van der Waals surface area contributed by atoms with Gasteiger partial charge in [-0.25, -0.2) is 0 Å². The van der Waals surface area contributed by atoms with Crippen molar-refractivity contribution in [3.63, 3.8) is 0 Å².